The third-order valence-electron chi connectivity index (χ3n) is 3.41. The van der Waals surface area contributed by atoms with Gasteiger partial charge in [0.25, 0.3) is 5.56 Å². The van der Waals surface area contributed by atoms with Crippen molar-refractivity contribution in [2.45, 2.75) is 29.7 Å². The quantitative estimate of drug-likeness (QED) is 0.501. The van der Waals surface area contributed by atoms with Crippen LogP contribution >= 0.6 is 11.8 Å². The maximum absolute atomic E-state index is 11.8. The fourth-order valence-corrected chi connectivity index (χ4v) is 2.94. The average Bonchev–Trinajstić information content (AvgIpc) is 2.99. The largest absolute Gasteiger partial charge is 0.394 e. The second kappa shape index (κ2) is 5.39. The van der Waals surface area contributed by atoms with Crippen LogP contribution in [0.1, 0.15) is 6.23 Å². The second-order valence-electron chi connectivity index (χ2n) is 4.60. The average molecular weight is 314 g/mol. The van der Waals surface area contributed by atoms with E-state index in [-0.39, 0.29) is 11.2 Å². The zero-order valence-corrected chi connectivity index (χ0v) is 11.8. The Labute approximate surface area is 122 Å². The van der Waals surface area contributed by atoms with Crippen molar-refractivity contribution in [3.05, 3.63) is 16.7 Å². The lowest BCUT2D eigenvalue weighted by atomic mass is 10.1. The lowest BCUT2D eigenvalue weighted by Gasteiger charge is -2.18. The van der Waals surface area contributed by atoms with Crippen molar-refractivity contribution in [2.75, 3.05) is 12.9 Å². The third kappa shape index (κ3) is 2.15. The standard InChI is InChI=1S/C11H14N4O5S/c1-21-11-14-5-8(12-3-13-9(5)19)15(11)10-7(18)6(17)4(2-16)20-10/h3-4,6-7,10,16-18H,2H2,1H3,(H,12,13,19)/t4-,6-,7-,10+/m1/s1. The number of nitrogens with one attached hydrogen (secondary N) is 1. The molecule has 0 aliphatic carbocycles. The number of hydrogen-bond acceptors (Lipinski definition) is 8. The van der Waals surface area contributed by atoms with E-state index in [0.717, 1.165) is 0 Å². The maximum atomic E-state index is 11.8. The van der Waals surface area contributed by atoms with Crippen molar-refractivity contribution in [1.29, 1.82) is 0 Å². The van der Waals surface area contributed by atoms with Crippen molar-refractivity contribution >= 4 is 22.9 Å². The summed E-state index contributed by atoms with van der Waals surface area (Å²) < 4.78 is 6.93. The molecule has 10 heteroatoms. The molecule has 114 valence electrons. The molecular weight excluding hydrogens is 300 g/mol. The van der Waals surface area contributed by atoms with E-state index in [1.54, 1.807) is 6.26 Å². The predicted molar refractivity (Wildman–Crippen MR) is 72.9 cm³/mol. The van der Waals surface area contributed by atoms with Gasteiger partial charge in [0.15, 0.2) is 22.5 Å². The van der Waals surface area contributed by atoms with E-state index in [1.165, 1.54) is 22.7 Å². The van der Waals surface area contributed by atoms with Crippen LogP contribution in [0.4, 0.5) is 0 Å². The van der Waals surface area contributed by atoms with Crippen LogP contribution in [0.2, 0.25) is 0 Å². The Balaban J connectivity index is 2.16. The molecule has 4 atom stereocenters. The summed E-state index contributed by atoms with van der Waals surface area (Å²) in [6.07, 6.45) is -1.37. The Morgan fingerprint density at radius 3 is 2.86 bits per heavy atom. The van der Waals surface area contributed by atoms with Gasteiger partial charge in [-0.15, -0.1) is 0 Å². The van der Waals surface area contributed by atoms with Gasteiger partial charge in [0, 0.05) is 0 Å². The summed E-state index contributed by atoms with van der Waals surface area (Å²) in [5.41, 5.74) is -0.0293. The molecule has 0 bridgehead atoms. The van der Waals surface area contributed by atoms with Crippen LogP contribution in [0.5, 0.6) is 0 Å². The Morgan fingerprint density at radius 1 is 1.48 bits per heavy atom. The lowest BCUT2D eigenvalue weighted by Crippen LogP contribution is -2.33. The number of rotatable bonds is 3. The number of fused-ring (bicyclic) bond motifs is 1. The monoisotopic (exact) mass is 314 g/mol. The number of aliphatic hydroxyl groups excluding tert-OH is 3. The van der Waals surface area contributed by atoms with Gasteiger partial charge in [0.05, 0.1) is 12.9 Å². The first-order valence-electron chi connectivity index (χ1n) is 6.20. The smallest absolute Gasteiger partial charge is 0.278 e. The summed E-state index contributed by atoms with van der Waals surface area (Å²) in [6, 6.07) is 0. The highest BCUT2D eigenvalue weighted by molar-refractivity contribution is 7.98. The summed E-state index contributed by atoms with van der Waals surface area (Å²) in [4.78, 5) is 22.4. The predicted octanol–water partition coefficient (Wildman–Crippen LogP) is -1.55. The topological polar surface area (TPSA) is 133 Å². The fraction of sp³-hybridized carbons (Fsp3) is 0.545. The second-order valence-corrected chi connectivity index (χ2v) is 5.37. The van der Waals surface area contributed by atoms with E-state index < -0.39 is 36.7 Å². The van der Waals surface area contributed by atoms with E-state index in [2.05, 4.69) is 15.0 Å². The zero-order valence-electron chi connectivity index (χ0n) is 11.0. The number of aromatic nitrogens is 4. The summed E-state index contributed by atoms with van der Waals surface area (Å²) in [7, 11) is 0. The first kappa shape index (κ1) is 14.5. The highest BCUT2D eigenvalue weighted by Crippen LogP contribution is 2.34. The van der Waals surface area contributed by atoms with Crippen LogP contribution in [0, 0.1) is 0 Å². The van der Waals surface area contributed by atoms with E-state index in [4.69, 9.17) is 9.84 Å². The van der Waals surface area contributed by atoms with Crippen LogP contribution in [0.3, 0.4) is 0 Å². The Bertz CT molecular complexity index is 716. The van der Waals surface area contributed by atoms with Crippen molar-refractivity contribution < 1.29 is 20.1 Å². The number of aliphatic hydroxyl groups is 3. The molecule has 3 rings (SSSR count). The Kier molecular flexibility index (Phi) is 3.71. The van der Waals surface area contributed by atoms with Crippen molar-refractivity contribution in [3.8, 4) is 0 Å². The SMILES string of the molecule is CSc1nc2c(=O)[nH]cnc2n1[C@H]1O[C@H](CO)[C@@H](O)[C@H]1O. The molecule has 9 nitrogen and oxygen atoms in total. The zero-order chi connectivity index (χ0) is 15.1. The van der Waals surface area contributed by atoms with Crippen LogP contribution in [-0.4, -0.2) is 66.0 Å². The van der Waals surface area contributed by atoms with Gasteiger partial charge in [-0.1, -0.05) is 11.8 Å². The Morgan fingerprint density at radius 2 is 2.24 bits per heavy atom. The lowest BCUT2D eigenvalue weighted by molar-refractivity contribution is -0.0548. The fourth-order valence-electron chi connectivity index (χ4n) is 2.37. The van der Waals surface area contributed by atoms with Gasteiger partial charge in [0.1, 0.15) is 18.3 Å². The minimum absolute atomic E-state index is 0.125. The molecule has 0 spiro atoms. The maximum Gasteiger partial charge on any atom is 0.278 e. The number of H-pyrrole nitrogens is 1. The molecule has 4 N–H and O–H groups in total. The minimum atomic E-state index is -1.26. The van der Waals surface area contributed by atoms with Crippen molar-refractivity contribution in [2.24, 2.45) is 0 Å². The third-order valence-corrected chi connectivity index (χ3v) is 4.06. The van der Waals surface area contributed by atoms with Crippen LogP contribution in [0.25, 0.3) is 11.2 Å². The summed E-state index contributed by atoms with van der Waals surface area (Å²) >= 11 is 1.25. The molecule has 1 fully saturated rings. The summed E-state index contributed by atoms with van der Waals surface area (Å²) in [5, 5.41) is 29.6. The van der Waals surface area contributed by atoms with E-state index in [9.17, 15) is 15.0 Å². The molecule has 0 saturated carbocycles. The molecule has 0 unspecified atom stereocenters. The number of nitrogens with zero attached hydrogens (tertiary/aromatic N) is 3. The molecule has 1 aliphatic heterocycles. The van der Waals surface area contributed by atoms with Crippen LogP contribution in [-0.2, 0) is 4.74 Å². The molecule has 2 aromatic heterocycles. The first-order valence-corrected chi connectivity index (χ1v) is 7.43. The van der Waals surface area contributed by atoms with E-state index in [1.807, 2.05) is 0 Å². The summed E-state index contributed by atoms with van der Waals surface area (Å²) in [5.74, 6) is 0. The molecule has 1 saturated heterocycles. The van der Waals surface area contributed by atoms with Gasteiger partial charge >= 0.3 is 0 Å². The van der Waals surface area contributed by atoms with Gasteiger partial charge in [0.2, 0.25) is 0 Å². The number of hydrogen-bond donors (Lipinski definition) is 4. The molecule has 1 aliphatic rings. The van der Waals surface area contributed by atoms with Crippen LogP contribution in [0.15, 0.2) is 16.3 Å². The highest BCUT2D eigenvalue weighted by Gasteiger charge is 2.44. The van der Waals surface area contributed by atoms with Crippen molar-refractivity contribution in [1.82, 2.24) is 19.5 Å². The number of ether oxygens (including phenoxy) is 1. The van der Waals surface area contributed by atoms with Gasteiger partial charge < -0.3 is 25.0 Å². The molecule has 0 amide bonds. The van der Waals surface area contributed by atoms with Gasteiger partial charge in [-0.25, -0.2) is 9.97 Å². The summed E-state index contributed by atoms with van der Waals surface area (Å²) in [6.45, 7) is -0.427. The van der Waals surface area contributed by atoms with Gasteiger partial charge in [-0.2, -0.15) is 0 Å². The van der Waals surface area contributed by atoms with E-state index in [0.29, 0.717) is 5.16 Å². The number of imidazole rings is 1. The van der Waals surface area contributed by atoms with Crippen molar-refractivity contribution in [3.63, 3.8) is 0 Å². The minimum Gasteiger partial charge on any atom is -0.394 e. The molecule has 0 radical (unpaired) electrons. The first-order chi connectivity index (χ1) is 10.1. The number of aromatic amines is 1. The molecule has 21 heavy (non-hydrogen) atoms. The van der Waals surface area contributed by atoms with Gasteiger partial charge in [-0.3, -0.25) is 9.36 Å². The van der Waals surface area contributed by atoms with E-state index >= 15 is 0 Å². The highest BCUT2D eigenvalue weighted by atomic mass is 32.2. The molecular formula is C11H14N4O5S. The van der Waals surface area contributed by atoms with Crippen LogP contribution < -0.4 is 5.56 Å². The molecule has 0 aromatic carbocycles. The normalized spacial score (nSPS) is 29.3. The molecule has 2 aromatic rings. The molecule has 3 heterocycles. The number of thioether (sulfide) groups is 1. The van der Waals surface area contributed by atoms with Gasteiger partial charge in [-0.05, 0) is 6.26 Å². The Hall–Kier alpha value is -1.46.